The summed E-state index contributed by atoms with van der Waals surface area (Å²) in [6.45, 7) is 3.95. The number of benzene rings is 2. The summed E-state index contributed by atoms with van der Waals surface area (Å²) < 4.78 is 0. The van der Waals surface area contributed by atoms with Gasteiger partial charge in [0, 0.05) is 21.2 Å². The lowest BCUT2D eigenvalue weighted by molar-refractivity contribution is 1.42. The first-order valence-electron chi connectivity index (χ1n) is 5.22. The van der Waals surface area contributed by atoms with Crippen LogP contribution < -0.4 is 0 Å². The molecule has 0 saturated heterocycles. The highest BCUT2D eigenvalue weighted by Gasteiger charge is 2.15. The second-order valence-corrected chi connectivity index (χ2v) is 5.18. The second-order valence-electron chi connectivity index (χ2n) is 3.98. The summed E-state index contributed by atoms with van der Waals surface area (Å²) in [6, 6.07) is 9.51. The molecule has 2 rings (SSSR count). The van der Waals surface area contributed by atoms with E-state index in [-0.39, 0.29) is 0 Å². The Labute approximate surface area is 116 Å². The third kappa shape index (κ3) is 2.30. The molecule has 0 spiro atoms. The molecule has 0 aliphatic heterocycles. The average molecular weight is 286 g/mol. The Kier molecular flexibility index (Phi) is 3.67. The van der Waals surface area contributed by atoms with Gasteiger partial charge in [-0.2, -0.15) is 0 Å². The fourth-order valence-corrected chi connectivity index (χ4v) is 2.71. The lowest BCUT2D eigenvalue weighted by Crippen LogP contribution is -1.89. The molecule has 3 heteroatoms. The van der Waals surface area contributed by atoms with Crippen LogP contribution in [0.4, 0.5) is 0 Å². The van der Waals surface area contributed by atoms with Crippen molar-refractivity contribution in [3.8, 4) is 11.1 Å². The highest BCUT2D eigenvalue weighted by atomic mass is 35.5. The molecule has 0 atom stereocenters. The van der Waals surface area contributed by atoms with E-state index < -0.39 is 0 Å². The van der Waals surface area contributed by atoms with E-state index in [4.69, 9.17) is 34.8 Å². The van der Waals surface area contributed by atoms with Gasteiger partial charge in [-0.1, -0.05) is 53.0 Å². The van der Waals surface area contributed by atoms with Gasteiger partial charge in [0.15, 0.2) is 0 Å². The van der Waals surface area contributed by atoms with Gasteiger partial charge in [0.05, 0.1) is 5.02 Å². The monoisotopic (exact) mass is 284 g/mol. The Morgan fingerprint density at radius 1 is 0.706 bits per heavy atom. The first-order valence-corrected chi connectivity index (χ1v) is 6.36. The molecular formula is C14H11Cl3. The van der Waals surface area contributed by atoms with Crippen molar-refractivity contribution in [3.63, 3.8) is 0 Å². The molecule has 0 amide bonds. The summed E-state index contributed by atoms with van der Waals surface area (Å²) in [5.74, 6) is 0. The zero-order valence-corrected chi connectivity index (χ0v) is 11.8. The van der Waals surface area contributed by atoms with Crippen LogP contribution in [-0.2, 0) is 0 Å². The van der Waals surface area contributed by atoms with Crippen molar-refractivity contribution in [1.82, 2.24) is 0 Å². The summed E-state index contributed by atoms with van der Waals surface area (Å²) in [6.07, 6.45) is 0. The van der Waals surface area contributed by atoms with Crippen molar-refractivity contribution in [1.29, 1.82) is 0 Å². The van der Waals surface area contributed by atoms with E-state index in [1.807, 2.05) is 44.2 Å². The fraction of sp³-hybridized carbons (Fsp3) is 0.143. The summed E-state index contributed by atoms with van der Waals surface area (Å²) in [5.41, 5.74) is 3.78. The van der Waals surface area contributed by atoms with Crippen LogP contribution >= 0.6 is 34.8 Å². The predicted molar refractivity (Wildman–Crippen MR) is 76.4 cm³/mol. The van der Waals surface area contributed by atoms with Crippen LogP contribution in [0.3, 0.4) is 0 Å². The molecular weight excluding hydrogens is 275 g/mol. The minimum Gasteiger partial charge on any atom is -0.0837 e. The third-order valence-corrected chi connectivity index (χ3v) is 3.87. The van der Waals surface area contributed by atoms with Gasteiger partial charge in [-0.15, -0.1) is 0 Å². The minimum atomic E-state index is 0.622. The largest absolute Gasteiger partial charge is 0.0837 e. The molecule has 0 aromatic heterocycles. The Morgan fingerprint density at radius 3 is 2.00 bits per heavy atom. The molecule has 0 bridgehead atoms. The van der Waals surface area contributed by atoms with Gasteiger partial charge in [-0.25, -0.2) is 0 Å². The van der Waals surface area contributed by atoms with Crippen molar-refractivity contribution in [2.24, 2.45) is 0 Å². The van der Waals surface area contributed by atoms with E-state index in [9.17, 15) is 0 Å². The van der Waals surface area contributed by atoms with Crippen molar-refractivity contribution >= 4 is 34.8 Å². The van der Waals surface area contributed by atoms with E-state index in [0.29, 0.717) is 15.1 Å². The molecule has 88 valence electrons. The maximum absolute atomic E-state index is 6.33. The quantitative estimate of drug-likeness (QED) is 0.609. The van der Waals surface area contributed by atoms with Crippen LogP contribution in [-0.4, -0.2) is 0 Å². The van der Waals surface area contributed by atoms with Crippen molar-refractivity contribution in [2.75, 3.05) is 0 Å². The van der Waals surface area contributed by atoms with Gasteiger partial charge < -0.3 is 0 Å². The van der Waals surface area contributed by atoms with E-state index in [0.717, 1.165) is 22.3 Å². The van der Waals surface area contributed by atoms with Crippen molar-refractivity contribution in [2.45, 2.75) is 13.8 Å². The SMILES string of the molecule is Cc1ccc(Cl)c(-c2c(C)cccc2Cl)c1Cl. The third-order valence-electron chi connectivity index (χ3n) is 2.76. The molecule has 0 nitrogen and oxygen atoms in total. The Morgan fingerprint density at radius 2 is 1.35 bits per heavy atom. The summed E-state index contributed by atoms with van der Waals surface area (Å²) >= 11 is 18.8. The van der Waals surface area contributed by atoms with Gasteiger partial charge in [0.25, 0.3) is 0 Å². The topological polar surface area (TPSA) is 0 Å². The van der Waals surface area contributed by atoms with E-state index >= 15 is 0 Å². The molecule has 0 aliphatic rings. The van der Waals surface area contributed by atoms with Crippen molar-refractivity contribution < 1.29 is 0 Å². The first-order chi connectivity index (χ1) is 8.02. The summed E-state index contributed by atoms with van der Waals surface area (Å²) in [4.78, 5) is 0. The van der Waals surface area contributed by atoms with Gasteiger partial charge in [0.1, 0.15) is 0 Å². The zero-order chi connectivity index (χ0) is 12.6. The average Bonchev–Trinajstić information content (AvgIpc) is 2.28. The normalized spacial score (nSPS) is 10.6. The zero-order valence-electron chi connectivity index (χ0n) is 9.52. The molecule has 0 fully saturated rings. The van der Waals surface area contributed by atoms with Crippen LogP contribution in [0.25, 0.3) is 11.1 Å². The minimum absolute atomic E-state index is 0.622. The van der Waals surface area contributed by atoms with Crippen LogP contribution in [0.1, 0.15) is 11.1 Å². The fourth-order valence-electron chi connectivity index (χ4n) is 1.83. The van der Waals surface area contributed by atoms with Crippen LogP contribution in [0.5, 0.6) is 0 Å². The van der Waals surface area contributed by atoms with Crippen molar-refractivity contribution in [3.05, 3.63) is 56.5 Å². The van der Waals surface area contributed by atoms with E-state index in [2.05, 4.69) is 0 Å². The first kappa shape index (κ1) is 12.8. The maximum Gasteiger partial charge on any atom is 0.0529 e. The standard InChI is InChI=1S/C14H11Cl3/c1-8-4-3-5-10(15)12(8)13-11(16)7-6-9(2)14(13)17/h3-7H,1-2H3. The smallest absolute Gasteiger partial charge is 0.0529 e. The van der Waals surface area contributed by atoms with E-state index in [1.54, 1.807) is 0 Å². The Balaban J connectivity index is 2.82. The van der Waals surface area contributed by atoms with Crippen LogP contribution in [0.2, 0.25) is 15.1 Å². The molecule has 2 aromatic carbocycles. The molecule has 0 saturated carbocycles. The highest BCUT2D eigenvalue weighted by molar-refractivity contribution is 6.41. The molecule has 17 heavy (non-hydrogen) atoms. The lowest BCUT2D eigenvalue weighted by atomic mass is 9.99. The van der Waals surface area contributed by atoms with E-state index in [1.165, 1.54) is 0 Å². The summed E-state index contributed by atoms with van der Waals surface area (Å²) in [5, 5.41) is 1.95. The van der Waals surface area contributed by atoms with Gasteiger partial charge in [0.2, 0.25) is 0 Å². The number of hydrogen-bond acceptors (Lipinski definition) is 0. The van der Waals surface area contributed by atoms with Gasteiger partial charge >= 0.3 is 0 Å². The molecule has 0 N–H and O–H groups in total. The van der Waals surface area contributed by atoms with Gasteiger partial charge in [-0.3, -0.25) is 0 Å². The number of hydrogen-bond donors (Lipinski definition) is 0. The molecule has 2 aromatic rings. The number of halogens is 3. The van der Waals surface area contributed by atoms with Crippen LogP contribution in [0, 0.1) is 13.8 Å². The molecule has 0 radical (unpaired) electrons. The highest BCUT2D eigenvalue weighted by Crippen LogP contribution is 2.41. The second kappa shape index (κ2) is 4.89. The Bertz CT molecular complexity index is 554. The summed E-state index contributed by atoms with van der Waals surface area (Å²) in [7, 11) is 0. The van der Waals surface area contributed by atoms with Crippen LogP contribution in [0.15, 0.2) is 30.3 Å². The molecule has 0 heterocycles. The lowest BCUT2D eigenvalue weighted by Gasteiger charge is -2.13. The molecule has 0 unspecified atom stereocenters. The predicted octanol–water partition coefficient (Wildman–Crippen LogP) is 5.93. The maximum atomic E-state index is 6.33. The van der Waals surface area contributed by atoms with Gasteiger partial charge in [-0.05, 0) is 37.1 Å². The number of aryl methyl sites for hydroxylation is 2. The molecule has 0 aliphatic carbocycles. The Hall–Kier alpha value is -0.690. The number of rotatable bonds is 1.